The number of rotatable bonds is 3. The first-order chi connectivity index (χ1) is 6.80. The highest BCUT2D eigenvalue weighted by atomic mass is 16.4. The Labute approximate surface area is 92.5 Å². The van der Waals surface area contributed by atoms with Gasteiger partial charge < -0.3 is 5.11 Å². The fraction of sp³-hybridized carbons (Fsp3) is 0.917. The van der Waals surface area contributed by atoms with Crippen LogP contribution in [0.1, 0.15) is 47.0 Å². The van der Waals surface area contributed by atoms with Gasteiger partial charge in [0.15, 0.2) is 0 Å². The molecule has 1 aliphatic rings. The highest BCUT2D eigenvalue weighted by Crippen LogP contribution is 2.37. The molecule has 15 heavy (non-hydrogen) atoms. The fourth-order valence-electron chi connectivity index (χ4n) is 2.11. The molecule has 88 valence electrons. The molecule has 0 radical (unpaired) electrons. The SMILES string of the molecule is CC(C)(C(=O)O)C(C)(C)N1CCCCC1. The van der Waals surface area contributed by atoms with E-state index in [2.05, 4.69) is 4.90 Å². The van der Waals surface area contributed by atoms with Gasteiger partial charge in [-0.1, -0.05) is 6.42 Å². The molecule has 0 saturated carbocycles. The highest BCUT2D eigenvalue weighted by molar-refractivity contribution is 5.75. The van der Waals surface area contributed by atoms with Crippen molar-refractivity contribution in [2.75, 3.05) is 13.1 Å². The van der Waals surface area contributed by atoms with E-state index in [9.17, 15) is 9.90 Å². The molecule has 1 rings (SSSR count). The van der Waals surface area contributed by atoms with Crippen LogP contribution in [0.2, 0.25) is 0 Å². The molecule has 1 heterocycles. The van der Waals surface area contributed by atoms with Crippen molar-refractivity contribution in [3.05, 3.63) is 0 Å². The first kappa shape index (κ1) is 12.5. The highest BCUT2D eigenvalue weighted by Gasteiger charge is 2.47. The molecular formula is C12H23NO2. The smallest absolute Gasteiger partial charge is 0.310 e. The number of carbonyl (C=O) groups is 1. The van der Waals surface area contributed by atoms with Crippen LogP contribution in [0.5, 0.6) is 0 Å². The van der Waals surface area contributed by atoms with Crippen LogP contribution >= 0.6 is 0 Å². The van der Waals surface area contributed by atoms with Gasteiger partial charge in [-0.05, 0) is 53.6 Å². The molecule has 0 aromatic rings. The Morgan fingerprint density at radius 2 is 1.53 bits per heavy atom. The lowest BCUT2D eigenvalue weighted by Crippen LogP contribution is -2.58. The van der Waals surface area contributed by atoms with Crippen molar-refractivity contribution >= 4 is 5.97 Å². The van der Waals surface area contributed by atoms with E-state index >= 15 is 0 Å². The molecule has 0 aromatic heterocycles. The van der Waals surface area contributed by atoms with Crippen molar-refractivity contribution in [3.63, 3.8) is 0 Å². The van der Waals surface area contributed by atoms with Gasteiger partial charge in [0.2, 0.25) is 0 Å². The van der Waals surface area contributed by atoms with E-state index in [1.54, 1.807) is 0 Å². The van der Waals surface area contributed by atoms with E-state index in [0.717, 1.165) is 13.1 Å². The first-order valence-electron chi connectivity index (χ1n) is 5.78. The number of carboxylic acids is 1. The average Bonchev–Trinajstić information content (AvgIpc) is 2.18. The summed E-state index contributed by atoms with van der Waals surface area (Å²) < 4.78 is 0. The van der Waals surface area contributed by atoms with Crippen molar-refractivity contribution < 1.29 is 9.90 Å². The number of nitrogens with zero attached hydrogens (tertiary/aromatic N) is 1. The Morgan fingerprint density at radius 3 is 1.93 bits per heavy atom. The minimum atomic E-state index is -0.710. The minimum Gasteiger partial charge on any atom is -0.481 e. The van der Waals surface area contributed by atoms with Crippen molar-refractivity contribution in [2.45, 2.75) is 52.5 Å². The molecule has 0 bridgehead atoms. The molecule has 1 fully saturated rings. The number of likely N-dealkylation sites (tertiary alicyclic amines) is 1. The van der Waals surface area contributed by atoms with Crippen LogP contribution in [0.25, 0.3) is 0 Å². The molecule has 0 atom stereocenters. The van der Waals surface area contributed by atoms with Gasteiger partial charge in [-0.3, -0.25) is 9.69 Å². The zero-order valence-electron chi connectivity index (χ0n) is 10.3. The largest absolute Gasteiger partial charge is 0.481 e. The van der Waals surface area contributed by atoms with E-state index in [4.69, 9.17) is 0 Å². The molecule has 0 spiro atoms. The maximum Gasteiger partial charge on any atom is 0.310 e. The zero-order chi connectivity index (χ0) is 11.7. The monoisotopic (exact) mass is 213 g/mol. The second-order valence-electron chi connectivity index (χ2n) is 5.54. The number of carboxylic acid groups (broad SMARTS) is 1. The third-order valence-corrected chi connectivity index (χ3v) is 4.21. The molecule has 0 unspecified atom stereocenters. The fourth-order valence-corrected chi connectivity index (χ4v) is 2.11. The second kappa shape index (κ2) is 4.12. The predicted octanol–water partition coefficient (Wildman–Crippen LogP) is 2.36. The molecule has 3 heteroatoms. The molecule has 0 amide bonds. The van der Waals surface area contributed by atoms with Gasteiger partial charge in [0.25, 0.3) is 0 Å². The van der Waals surface area contributed by atoms with Crippen LogP contribution in [0.15, 0.2) is 0 Å². The second-order valence-corrected chi connectivity index (χ2v) is 5.54. The standard InChI is InChI=1S/C12H23NO2/c1-11(2,10(14)15)12(3,4)13-8-6-5-7-9-13/h5-9H2,1-4H3,(H,14,15). The molecule has 1 aliphatic heterocycles. The Morgan fingerprint density at radius 1 is 1.07 bits per heavy atom. The van der Waals surface area contributed by atoms with Crippen LogP contribution in [0, 0.1) is 5.41 Å². The van der Waals surface area contributed by atoms with Gasteiger partial charge in [0.1, 0.15) is 0 Å². The summed E-state index contributed by atoms with van der Waals surface area (Å²) in [5, 5.41) is 9.28. The lowest BCUT2D eigenvalue weighted by molar-refractivity contribution is -0.156. The normalized spacial score (nSPS) is 20.3. The maximum absolute atomic E-state index is 11.3. The molecule has 1 N–H and O–H groups in total. The minimum absolute atomic E-state index is 0.279. The molecule has 0 aliphatic carbocycles. The van der Waals surface area contributed by atoms with E-state index < -0.39 is 11.4 Å². The summed E-state index contributed by atoms with van der Waals surface area (Å²) in [6, 6.07) is 0. The van der Waals surface area contributed by atoms with Crippen LogP contribution < -0.4 is 0 Å². The zero-order valence-corrected chi connectivity index (χ0v) is 10.3. The van der Waals surface area contributed by atoms with E-state index in [-0.39, 0.29) is 5.54 Å². The van der Waals surface area contributed by atoms with Crippen LogP contribution in [-0.4, -0.2) is 34.6 Å². The first-order valence-corrected chi connectivity index (χ1v) is 5.78. The van der Waals surface area contributed by atoms with Crippen LogP contribution in [0.3, 0.4) is 0 Å². The third kappa shape index (κ3) is 2.17. The van der Waals surface area contributed by atoms with E-state index in [0.29, 0.717) is 0 Å². The number of piperidine rings is 1. The topological polar surface area (TPSA) is 40.5 Å². The van der Waals surface area contributed by atoms with Crippen LogP contribution in [-0.2, 0) is 4.79 Å². The summed E-state index contributed by atoms with van der Waals surface area (Å²) in [4.78, 5) is 13.6. The van der Waals surface area contributed by atoms with E-state index in [1.807, 2.05) is 27.7 Å². The maximum atomic E-state index is 11.3. The van der Waals surface area contributed by atoms with Gasteiger partial charge in [-0.15, -0.1) is 0 Å². The summed E-state index contributed by atoms with van der Waals surface area (Å²) >= 11 is 0. The van der Waals surface area contributed by atoms with Gasteiger partial charge >= 0.3 is 5.97 Å². The lowest BCUT2D eigenvalue weighted by Gasteiger charge is -2.48. The number of aliphatic carboxylic acids is 1. The lowest BCUT2D eigenvalue weighted by atomic mass is 9.73. The Balaban J connectivity index is 2.84. The van der Waals surface area contributed by atoms with Gasteiger partial charge in [-0.25, -0.2) is 0 Å². The van der Waals surface area contributed by atoms with Gasteiger partial charge in [-0.2, -0.15) is 0 Å². The molecular weight excluding hydrogens is 190 g/mol. The average molecular weight is 213 g/mol. The quantitative estimate of drug-likeness (QED) is 0.782. The molecule has 3 nitrogen and oxygen atoms in total. The number of hydrogen-bond acceptors (Lipinski definition) is 2. The molecule has 0 aromatic carbocycles. The third-order valence-electron chi connectivity index (χ3n) is 4.21. The van der Waals surface area contributed by atoms with Crippen molar-refractivity contribution in [3.8, 4) is 0 Å². The van der Waals surface area contributed by atoms with Crippen molar-refractivity contribution in [1.29, 1.82) is 0 Å². The van der Waals surface area contributed by atoms with Crippen molar-refractivity contribution in [1.82, 2.24) is 4.90 Å². The summed E-state index contributed by atoms with van der Waals surface area (Å²) in [7, 11) is 0. The summed E-state index contributed by atoms with van der Waals surface area (Å²) in [5.41, 5.74) is -0.983. The Hall–Kier alpha value is -0.570. The van der Waals surface area contributed by atoms with Crippen LogP contribution in [0.4, 0.5) is 0 Å². The van der Waals surface area contributed by atoms with Gasteiger partial charge in [0.05, 0.1) is 5.41 Å². The van der Waals surface area contributed by atoms with Gasteiger partial charge in [0, 0.05) is 5.54 Å². The summed E-state index contributed by atoms with van der Waals surface area (Å²) in [5.74, 6) is -0.710. The predicted molar refractivity (Wildman–Crippen MR) is 60.9 cm³/mol. The molecule has 1 saturated heterocycles. The Kier molecular flexibility index (Phi) is 3.44. The summed E-state index contributed by atoms with van der Waals surface area (Å²) in [6.07, 6.45) is 3.67. The summed E-state index contributed by atoms with van der Waals surface area (Å²) in [6.45, 7) is 9.81. The Bertz CT molecular complexity index is 240. The van der Waals surface area contributed by atoms with E-state index in [1.165, 1.54) is 19.3 Å². The number of hydrogen-bond donors (Lipinski definition) is 1. The van der Waals surface area contributed by atoms with Crippen molar-refractivity contribution in [2.24, 2.45) is 5.41 Å².